The summed E-state index contributed by atoms with van der Waals surface area (Å²) >= 11 is 0. The SMILES string of the molecule is CCc1ccc([C@@H](C)NCc2cc(=O)n3cccc(C)c3n2)cc1. The first-order valence-electron chi connectivity index (χ1n) is 8.38. The number of hydrogen-bond donors (Lipinski definition) is 1. The summed E-state index contributed by atoms with van der Waals surface area (Å²) in [4.78, 5) is 16.9. The second kappa shape index (κ2) is 6.97. The second-order valence-electron chi connectivity index (χ2n) is 6.17. The normalized spacial score (nSPS) is 12.5. The zero-order valence-corrected chi connectivity index (χ0v) is 14.4. The van der Waals surface area contributed by atoms with Crippen LogP contribution >= 0.6 is 0 Å². The fraction of sp³-hybridized carbons (Fsp3) is 0.300. The van der Waals surface area contributed by atoms with Gasteiger partial charge in [-0.15, -0.1) is 0 Å². The van der Waals surface area contributed by atoms with Gasteiger partial charge < -0.3 is 5.32 Å². The fourth-order valence-electron chi connectivity index (χ4n) is 2.82. The lowest BCUT2D eigenvalue weighted by Gasteiger charge is -2.15. The van der Waals surface area contributed by atoms with Gasteiger partial charge in [-0.1, -0.05) is 37.3 Å². The van der Waals surface area contributed by atoms with Crippen LogP contribution in [0.1, 0.15) is 42.3 Å². The Morgan fingerprint density at radius 3 is 2.67 bits per heavy atom. The molecule has 4 nitrogen and oxygen atoms in total. The van der Waals surface area contributed by atoms with Crippen LogP contribution in [-0.2, 0) is 13.0 Å². The molecule has 0 saturated carbocycles. The Kier molecular flexibility index (Phi) is 4.76. The van der Waals surface area contributed by atoms with E-state index in [2.05, 4.69) is 48.4 Å². The van der Waals surface area contributed by atoms with Gasteiger partial charge in [0.15, 0.2) is 0 Å². The third-order valence-corrected chi connectivity index (χ3v) is 4.42. The zero-order chi connectivity index (χ0) is 17.1. The number of aromatic nitrogens is 2. The first kappa shape index (κ1) is 16.4. The minimum absolute atomic E-state index is 0.0412. The predicted octanol–water partition coefficient (Wildman–Crippen LogP) is 3.42. The van der Waals surface area contributed by atoms with Crippen LogP contribution < -0.4 is 10.9 Å². The lowest BCUT2D eigenvalue weighted by atomic mass is 10.0. The highest BCUT2D eigenvalue weighted by Crippen LogP contribution is 2.14. The van der Waals surface area contributed by atoms with Gasteiger partial charge in [0, 0.05) is 24.8 Å². The molecule has 0 fully saturated rings. The zero-order valence-electron chi connectivity index (χ0n) is 14.4. The lowest BCUT2D eigenvalue weighted by Crippen LogP contribution is -2.22. The molecule has 1 N–H and O–H groups in total. The van der Waals surface area contributed by atoms with Gasteiger partial charge in [0.1, 0.15) is 5.65 Å². The molecular weight excluding hydrogens is 298 g/mol. The van der Waals surface area contributed by atoms with Crippen LogP contribution in [0.4, 0.5) is 0 Å². The molecule has 2 aromatic heterocycles. The molecular formula is C20H23N3O. The van der Waals surface area contributed by atoms with E-state index >= 15 is 0 Å². The highest BCUT2D eigenvalue weighted by atomic mass is 16.1. The smallest absolute Gasteiger partial charge is 0.258 e. The molecule has 0 aliphatic carbocycles. The number of nitrogens with zero attached hydrogens (tertiary/aromatic N) is 2. The lowest BCUT2D eigenvalue weighted by molar-refractivity contribution is 0.567. The number of nitrogens with one attached hydrogen (secondary N) is 1. The molecule has 0 spiro atoms. The number of rotatable bonds is 5. The third-order valence-electron chi connectivity index (χ3n) is 4.42. The van der Waals surface area contributed by atoms with Crippen LogP contribution in [0.2, 0.25) is 0 Å². The van der Waals surface area contributed by atoms with E-state index in [1.807, 2.05) is 19.1 Å². The van der Waals surface area contributed by atoms with Gasteiger partial charge >= 0.3 is 0 Å². The topological polar surface area (TPSA) is 46.4 Å². The van der Waals surface area contributed by atoms with Crippen molar-refractivity contribution in [1.29, 1.82) is 0 Å². The fourth-order valence-corrected chi connectivity index (χ4v) is 2.82. The number of pyridine rings is 1. The molecule has 0 aliphatic rings. The first-order chi connectivity index (χ1) is 11.6. The maximum atomic E-state index is 12.2. The van der Waals surface area contributed by atoms with Crippen LogP contribution in [0.5, 0.6) is 0 Å². The van der Waals surface area contributed by atoms with Crippen molar-refractivity contribution in [2.24, 2.45) is 0 Å². The summed E-state index contributed by atoms with van der Waals surface area (Å²) in [5.74, 6) is 0. The van der Waals surface area contributed by atoms with E-state index in [0.29, 0.717) is 6.54 Å². The van der Waals surface area contributed by atoms with Gasteiger partial charge in [0.2, 0.25) is 0 Å². The van der Waals surface area contributed by atoms with Crippen molar-refractivity contribution in [3.8, 4) is 0 Å². The quantitative estimate of drug-likeness (QED) is 0.783. The largest absolute Gasteiger partial charge is 0.305 e. The summed E-state index contributed by atoms with van der Waals surface area (Å²) in [7, 11) is 0. The summed E-state index contributed by atoms with van der Waals surface area (Å²) in [6, 6.07) is 14.3. The number of benzene rings is 1. The van der Waals surface area contributed by atoms with Gasteiger partial charge in [0.05, 0.1) is 5.69 Å². The van der Waals surface area contributed by atoms with Gasteiger partial charge in [-0.2, -0.15) is 0 Å². The first-order valence-corrected chi connectivity index (χ1v) is 8.38. The molecule has 0 radical (unpaired) electrons. The van der Waals surface area contributed by atoms with Crippen molar-refractivity contribution in [2.45, 2.75) is 39.8 Å². The molecule has 3 aromatic rings. The van der Waals surface area contributed by atoms with E-state index in [0.717, 1.165) is 23.3 Å². The molecule has 124 valence electrons. The van der Waals surface area contributed by atoms with Crippen LogP contribution in [-0.4, -0.2) is 9.38 Å². The molecule has 4 heteroatoms. The van der Waals surface area contributed by atoms with Gasteiger partial charge in [0.25, 0.3) is 5.56 Å². The number of fused-ring (bicyclic) bond motifs is 1. The summed E-state index contributed by atoms with van der Waals surface area (Å²) in [5.41, 5.74) is 5.03. The maximum Gasteiger partial charge on any atom is 0.258 e. The summed E-state index contributed by atoms with van der Waals surface area (Å²) in [6.07, 6.45) is 2.80. The van der Waals surface area contributed by atoms with Gasteiger partial charge in [-0.05, 0) is 43.0 Å². The molecule has 1 atom stereocenters. The molecule has 0 saturated heterocycles. The Labute approximate surface area is 142 Å². The maximum absolute atomic E-state index is 12.2. The van der Waals surface area contributed by atoms with Crippen molar-refractivity contribution in [2.75, 3.05) is 0 Å². The number of aryl methyl sites for hydroxylation is 2. The highest BCUT2D eigenvalue weighted by molar-refractivity contribution is 5.46. The van der Waals surface area contributed by atoms with Crippen LogP contribution in [0.3, 0.4) is 0 Å². The highest BCUT2D eigenvalue weighted by Gasteiger charge is 2.08. The third kappa shape index (κ3) is 3.39. The summed E-state index contributed by atoms with van der Waals surface area (Å²) in [5, 5.41) is 3.45. The molecule has 1 aromatic carbocycles. The summed E-state index contributed by atoms with van der Waals surface area (Å²) in [6.45, 7) is 6.82. The molecule has 3 rings (SSSR count). The molecule has 24 heavy (non-hydrogen) atoms. The average Bonchev–Trinajstić information content (AvgIpc) is 2.60. The van der Waals surface area contributed by atoms with Gasteiger partial charge in [-0.3, -0.25) is 9.20 Å². The average molecular weight is 321 g/mol. The predicted molar refractivity (Wildman–Crippen MR) is 97.3 cm³/mol. The van der Waals surface area contributed by atoms with Crippen molar-refractivity contribution >= 4 is 5.65 Å². The Hall–Kier alpha value is -2.46. The van der Waals surface area contributed by atoms with E-state index in [1.54, 1.807) is 16.7 Å². The van der Waals surface area contributed by atoms with Crippen molar-refractivity contribution in [3.63, 3.8) is 0 Å². The van der Waals surface area contributed by atoms with Gasteiger partial charge in [-0.25, -0.2) is 4.98 Å². The van der Waals surface area contributed by atoms with Crippen LogP contribution in [0.25, 0.3) is 5.65 Å². The van der Waals surface area contributed by atoms with Crippen LogP contribution in [0, 0.1) is 6.92 Å². The van der Waals surface area contributed by atoms with Crippen molar-refractivity contribution in [3.05, 3.63) is 81.4 Å². The Morgan fingerprint density at radius 2 is 1.96 bits per heavy atom. The molecule has 0 unspecified atom stereocenters. The monoisotopic (exact) mass is 321 g/mol. The Morgan fingerprint density at radius 1 is 1.21 bits per heavy atom. The van der Waals surface area contributed by atoms with E-state index in [1.165, 1.54) is 11.1 Å². The van der Waals surface area contributed by atoms with E-state index in [-0.39, 0.29) is 11.6 Å². The molecule has 2 heterocycles. The van der Waals surface area contributed by atoms with E-state index in [9.17, 15) is 4.79 Å². The van der Waals surface area contributed by atoms with Crippen molar-refractivity contribution < 1.29 is 0 Å². The van der Waals surface area contributed by atoms with Crippen LogP contribution in [0.15, 0.2) is 53.5 Å². The standard InChI is InChI=1S/C20H23N3O/c1-4-16-7-9-17(10-8-16)15(3)21-13-18-12-19(24)23-11-5-6-14(2)20(23)22-18/h5-12,15,21H,4,13H2,1-3H3/t15-/m1/s1. The van der Waals surface area contributed by atoms with E-state index < -0.39 is 0 Å². The Balaban J connectivity index is 1.77. The number of hydrogen-bond acceptors (Lipinski definition) is 3. The summed E-state index contributed by atoms with van der Waals surface area (Å²) < 4.78 is 1.59. The molecule has 0 amide bonds. The minimum Gasteiger partial charge on any atom is -0.305 e. The minimum atomic E-state index is -0.0412. The van der Waals surface area contributed by atoms with Crippen molar-refractivity contribution in [1.82, 2.24) is 14.7 Å². The second-order valence-corrected chi connectivity index (χ2v) is 6.17. The Bertz CT molecular complexity index is 897. The molecule has 0 bridgehead atoms. The molecule has 0 aliphatic heterocycles. The van der Waals surface area contributed by atoms with E-state index in [4.69, 9.17) is 0 Å².